The fourth-order valence-electron chi connectivity index (χ4n) is 1.33. The van der Waals surface area contributed by atoms with Gasteiger partial charge >= 0.3 is 0 Å². The van der Waals surface area contributed by atoms with E-state index < -0.39 is 0 Å². The molecule has 0 saturated carbocycles. The second-order valence-corrected chi connectivity index (χ2v) is 3.16. The molecule has 0 aliphatic carbocycles. The van der Waals surface area contributed by atoms with Crippen molar-refractivity contribution in [3.8, 4) is 6.07 Å². The molecule has 0 aliphatic rings. The third kappa shape index (κ3) is 1.39. The average molecular weight is 204 g/mol. The summed E-state index contributed by atoms with van der Waals surface area (Å²) in [7, 11) is 0. The van der Waals surface area contributed by atoms with Gasteiger partial charge in [0, 0.05) is 22.0 Å². The minimum atomic E-state index is 0.616. The molecular weight excluding hydrogens is 198 g/mol. The Morgan fingerprint density at radius 1 is 1.36 bits per heavy atom. The Bertz CT molecular complexity index is 534. The molecule has 0 atom stereocenters. The van der Waals surface area contributed by atoms with Gasteiger partial charge in [0.05, 0.1) is 12.3 Å². The van der Waals surface area contributed by atoms with Crippen LogP contribution in [0.5, 0.6) is 0 Å². The molecule has 14 heavy (non-hydrogen) atoms. The highest BCUT2D eigenvalue weighted by molar-refractivity contribution is 6.33. The fraction of sp³-hybridized carbons (Fsp3) is 0. The maximum absolute atomic E-state index is 8.44. The quantitative estimate of drug-likeness (QED) is 0.664. The predicted octanol–water partition coefficient (Wildman–Crippen LogP) is 3.62. The van der Waals surface area contributed by atoms with Crippen molar-refractivity contribution < 1.29 is 4.42 Å². The average Bonchev–Trinajstić information content (AvgIpc) is 2.64. The standard InChI is InChI=1S/C11H6ClNO/c12-10-3-4-11-9(5-7-14-11)8(10)2-1-6-13/h1-5,7H. The molecule has 2 nitrogen and oxygen atoms in total. The molecule has 0 saturated heterocycles. The Kier molecular flexibility index (Phi) is 2.26. The summed E-state index contributed by atoms with van der Waals surface area (Å²) in [6, 6.07) is 7.32. The number of nitrogens with zero attached hydrogens (tertiary/aromatic N) is 1. The van der Waals surface area contributed by atoms with E-state index in [0.29, 0.717) is 5.02 Å². The van der Waals surface area contributed by atoms with E-state index in [1.807, 2.05) is 12.1 Å². The molecule has 1 aromatic heterocycles. The van der Waals surface area contributed by atoms with Crippen molar-refractivity contribution in [1.82, 2.24) is 0 Å². The molecule has 0 bridgehead atoms. The third-order valence-corrected chi connectivity index (χ3v) is 2.28. The lowest BCUT2D eigenvalue weighted by Crippen LogP contribution is -1.76. The molecule has 3 heteroatoms. The van der Waals surface area contributed by atoms with Gasteiger partial charge in [-0.1, -0.05) is 11.6 Å². The fourth-order valence-corrected chi connectivity index (χ4v) is 1.56. The molecular formula is C11H6ClNO. The van der Waals surface area contributed by atoms with E-state index in [-0.39, 0.29) is 0 Å². The van der Waals surface area contributed by atoms with Gasteiger partial charge in [0.2, 0.25) is 0 Å². The van der Waals surface area contributed by atoms with E-state index in [1.165, 1.54) is 6.08 Å². The van der Waals surface area contributed by atoms with Crippen LogP contribution in [-0.4, -0.2) is 0 Å². The molecule has 0 aliphatic heterocycles. The van der Waals surface area contributed by atoms with Crippen LogP contribution < -0.4 is 0 Å². The Hall–Kier alpha value is -1.72. The first-order chi connectivity index (χ1) is 6.83. The Balaban J connectivity index is 2.71. The lowest BCUT2D eigenvalue weighted by Gasteiger charge is -1.98. The van der Waals surface area contributed by atoms with Gasteiger partial charge in [0.15, 0.2) is 0 Å². The van der Waals surface area contributed by atoms with Crippen molar-refractivity contribution in [2.24, 2.45) is 0 Å². The lowest BCUT2D eigenvalue weighted by molar-refractivity contribution is 0.616. The first-order valence-corrected chi connectivity index (χ1v) is 4.42. The number of hydrogen-bond donors (Lipinski definition) is 0. The monoisotopic (exact) mass is 203 g/mol. The highest BCUT2D eigenvalue weighted by Crippen LogP contribution is 2.27. The van der Waals surface area contributed by atoms with E-state index in [2.05, 4.69) is 0 Å². The molecule has 0 fully saturated rings. The van der Waals surface area contributed by atoms with E-state index in [1.54, 1.807) is 24.5 Å². The van der Waals surface area contributed by atoms with Gasteiger partial charge in [-0.2, -0.15) is 5.26 Å². The third-order valence-electron chi connectivity index (χ3n) is 1.95. The van der Waals surface area contributed by atoms with Gasteiger partial charge < -0.3 is 4.42 Å². The van der Waals surface area contributed by atoms with Crippen molar-refractivity contribution in [3.63, 3.8) is 0 Å². The highest BCUT2D eigenvalue weighted by atomic mass is 35.5. The summed E-state index contributed by atoms with van der Waals surface area (Å²) in [6.07, 6.45) is 4.68. The van der Waals surface area contributed by atoms with Crippen LogP contribution in [0.1, 0.15) is 5.56 Å². The number of allylic oxidation sites excluding steroid dienone is 1. The second-order valence-electron chi connectivity index (χ2n) is 2.76. The van der Waals surface area contributed by atoms with E-state index in [9.17, 15) is 0 Å². The molecule has 0 unspecified atom stereocenters. The van der Waals surface area contributed by atoms with E-state index in [4.69, 9.17) is 21.3 Å². The summed E-state index contributed by atoms with van der Waals surface area (Å²) in [4.78, 5) is 0. The van der Waals surface area contributed by atoms with Crippen LogP contribution in [0.2, 0.25) is 5.02 Å². The maximum atomic E-state index is 8.44. The van der Waals surface area contributed by atoms with Crippen LogP contribution in [-0.2, 0) is 0 Å². The molecule has 0 N–H and O–H groups in total. The zero-order chi connectivity index (χ0) is 9.97. The van der Waals surface area contributed by atoms with Crippen molar-refractivity contribution in [3.05, 3.63) is 41.1 Å². The molecule has 2 rings (SSSR count). The van der Waals surface area contributed by atoms with Crippen molar-refractivity contribution >= 4 is 28.6 Å². The largest absolute Gasteiger partial charge is 0.464 e. The number of fused-ring (bicyclic) bond motifs is 1. The minimum absolute atomic E-state index is 0.616. The number of nitriles is 1. The van der Waals surface area contributed by atoms with Crippen molar-refractivity contribution in [1.29, 1.82) is 5.26 Å². The summed E-state index contributed by atoms with van der Waals surface area (Å²) in [5.41, 5.74) is 1.59. The molecule has 0 spiro atoms. The van der Waals surface area contributed by atoms with Gasteiger partial charge in [-0.3, -0.25) is 0 Å². The predicted molar refractivity (Wildman–Crippen MR) is 55.9 cm³/mol. The first-order valence-electron chi connectivity index (χ1n) is 4.05. The summed E-state index contributed by atoms with van der Waals surface area (Å²) in [5, 5.41) is 9.97. The summed E-state index contributed by atoms with van der Waals surface area (Å²) in [5.74, 6) is 0. The molecule has 1 heterocycles. The van der Waals surface area contributed by atoms with Gasteiger partial charge in [-0.05, 0) is 24.3 Å². The molecule has 0 radical (unpaired) electrons. The second kappa shape index (κ2) is 3.57. The van der Waals surface area contributed by atoms with Gasteiger partial charge in [0.25, 0.3) is 0 Å². The Morgan fingerprint density at radius 3 is 3.00 bits per heavy atom. The van der Waals surface area contributed by atoms with Gasteiger partial charge in [-0.15, -0.1) is 0 Å². The molecule has 1 aromatic carbocycles. The molecule has 68 valence electrons. The van der Waals surface area contributed by atoms with Crippen LogP contribution >= 0.6 is 11.6 Å². The van der Waals surface area contributed by atoms with Crippen molar-refractivity contribution in [2.45, 2.75) is 0 Å². The zero-order valence-electron chi connectivity index (χ0n) is 7.20. The number of hydrogen-bond acceptors (Lipinski definition) is 2. The Morgan fingerprint density at radius 2 is 2.21 bits per heavy atom. The maximum Gasteiger partial charge on any atom is 0.134 e. The van der Waals surface area contributed by atoms with Crippen LogP contribution in [0.25, 0.3) is 17.0 Å². The van der Waals surface area contributed by atoms with Gasteiger partial charge in [-0.25, -0.2) is 0 Å². The van der Waals surface area contributed by atoms with E-state index in [0.717, 1.165) is 16.5 Å². The number of benzene rings is 1. The van der Waals surface area contributed by atoms with E-state index >= 15 is 0 Å². The SMILES string of the molecule is N#CC=Cc1c(Cl)ccc2occc12. The molecule has 0 amide bonds. The van der Waals surface area contributed by atoms with Crippen LogP contribution in [0.4, 0.5) is 0 Å². The molecule has 2 aromatic rings. The smallest absolute Gasteiger partial charge is 0.134 e. The summed E-state index contributed by atoms with van der Waals surface area (Å²) >= 11 is 5.99. The Labute approximate surface area is 86.0 Å². The number of rotatable bonds is 1. The summed E-state index contributed by atoms with van der Waals surface area (Å²) in [6.45, 7) is 0. The number of furan rings is 1. The number of halogens is 1. The van der Waals surface area contributed by atoms with Crippen LogP contribution in [0, 0.1) is 11.3 Å². The van der Waals surface area contributed by atoms with Gasteiger partial charge in [0.1, 0.15) is 5.58 Å². The van der Waals surface area contributed by atoms with Crippen LogP contribution in [0.15, 0.2) is 35.0 Å². The topological polar surface area (TPSA) is 36.9 Å². The first kappa shape index (κ1) is 8.86. The van der Waals surface area contributed by atoms with Crippen LogP contribution in [0.3, 0.4) is 0 Å². The minimum Gasteiger partial charge on any atom is -0.464 e. The lowest BCUT2D eigenvalue weighted by atomic mass is 10.1. The highest BCUT2D eigenvalue weighted by Gasteiger charge is 2.04. The normalized spacial score (nSPS) is 10.9. The van der Waals surface area contributed by atoms with Crippen molar-refractivity contribution in [2.75, 3.05) is 0 Å². The zero-order valence-corrected chi connectivity index (χ0v) is 7.95. The summed E-state index contributed by atoms with van der Waals surface area (Å²) < 4.78 is 5.22.